The number of benzene rings is 1. The molecule has 0 saturated heterocycles. The van der Waals surface area contributed by atoms with E-state index in [1.165, 1.54) is 19.2 Å². The van der Waals surface area contributed by atoms with Gasteiger partial charge >= 0.3 is 0 Å². The molecule has 2 N–H and O–H groups in total. The first-order chi connectivity index (χ1) is 15.3. The molecule has 3 heterocycles. The minimum Gasteiger partial charge on any atom is -0.481 e. The lowest BCUT2D eigenvalue weighted by Crippen LogP contribution is -2.43. The van der Waals surface area contributed by atoms with Crippen molar-refractivity contribution in [3.8, 4) is 17.1 Å². The fourth-order valence-electron chi connectivity index (χ4n) is 4.26. The number of carbonyl (C=O) groups is 1. The number of anilines is 1. The summed E-state index contributed by atoms with van der Waals surface area (Å²) in [4.78, 5) is 28.5. The SMILES string of the molecule is COc1cccc(-c2cc(F)ccc2C2Cc3nc(N)nc(C)c3C(=O)N2CC(C)C)n1. The van der Waals surface area contributed by atoms with Crippen LogP contribution in [0.5, 0.6) is 5.88 Å². The van der Waals surface area contributed by atoms with E-state index in [0.29, 0.717) is 47.1 Å². The summed E-state index contributed by atoms with van der Waals surface area (Å²) in [7, 11) is 1.53. The fourth-order valence-corrected chi connectivity index (χ4v) is 4.26. The number of rotatable bonds is 5. The van der Waals surface area contributed by atoms with E-state index in [4.69, 9.17) is 10.5 Å². The van der Waals surface area contributed by atoms with Gasteiger partial charge in [-0.3, -0.25) is 4.79 Å². The molecular formula is C24H26FN5O2. The van der Waals surface area contributed by atoms with Crippen LogP contribution in [0.3, 0.4) is 0 Å². The molecule has 4 rings (SSSR count). The average Bonchev–Trinajstić information content (AvgIpc) is 2.75. The third-order valence-electron chi connectivity index (χ3n) is 5.56. The monoisotopic (exact) mass is 435 g/mol. The lowest BCUT2D eigenvalue weighted by atomic mass is 9.88. The highest BCUT2D eigenvalue weighted by molar-refractivity contribution is 5.98. The molecule has 0 spiro atoms. The molecular weight excluding hydrogens is 409 g/mol. The van der Waals surface area contributed by atoms with Crippen molar-refractivity contribution in [1.82, 2.24) is 19.9 Å². The second-order valence-electron chi connectivity index (χ2n) is 8.36. The Hall–Kier alpha value is -3.55. The van der Waals surface area contributed by atoms with Crippen LogP contribution in [0.4, 0.5) is 10.3 Å². The van der Waals surface area contributed by atoms with Crippen molar-refractivity contribution in [2.24, 2.45) is 5.92 Å². The van der Waals surface area contributed by atoms with E-state index in [9.17, 15) is 9.18 Å². The van der Waals surface area contributed by atoms with Crippen molar-refractivity contribution in [3.05, 3.63) is 64.7 Å². The summed E-state index contributed by atoms with van der Waals surface area (Å²) in [5, 5.41) is 0. The van der Waals surface area contributed by atoms with Gasteiger partial charge in [-0.1, -0.05) is 26.0 Å². The number of fused-ring (bicyclic) bond motifs is 1. The predicted octanol–water partition coefficient (Wildman–Crippen LogP) is 3.97. The summed E-state index contributed by atoms with van der Waals surface area (Å²) < 4.78 is 19.6. The van der Waals surface area contributed by atoms with E-state index < -0.39 is 0 Å². The van der Waals surface area contributed by atoms with Gasteiger partial charge in [0, 0.05) is 24.6 Å². The van der Waals surface area contributed by atoms with E-state index in [-0.39, 0.29) is 29.6 Å². The molecule has 1 amide bonds. The van der Waals surface area contributed by atoms with Crippen LogP contribution in [0.15, 0.2) is 36.4 Å². The van der Waals surface area contributed by atoms with E-state index in [0.717, 1.165) is 5.56 Å². The first-order valence-corrected chi connectivity index (χ1v) is 10.5. The predicted molar refractivity (Wildman–Crippen MR) is 120 cm³/mol. The maximum Gasteiger partial charge on any atom is 0.258 e. The van der Waals surface area contributed by atoms with Gasteiger partial charge in [-0.05, 0) is 36.6 Å². The Labute approximate surface area is 186 Å². The molecule has 1 aliphatic heterocycles. The molecule has 32 heavy (non-hydrogen) atoms. The van der Waals surface area contributed by atoms with E-state index >= 15 is 0 Å². The number of pyridine rings is 1. The number of amides is 1. The minimum absolute atomic E-state index is 0.138. The van der Waals surface area contributed by atoms with Crippen LogP contribution in [0.2, 0.25) is 0 Å². The molecule has 1 aromatic carbocycles. The zero-order valence-corrected chi connectivity index (χ0v) is 18.6. The summed E-state index contributed by atoms with van der Waals surface area (Å²) in [6.07, 6.45) is 0.448. The van der Waals surface area contributed by atoms with Crippen LogP contribution in [0.25, 0.3) is 11.3 Å². The fraction of sp³-hybridized carbons (Fsp3) is 0.333. The second-order valence-corrected chi connectivity index (χ2v) is 8.36. The molecule has 166 valence electrons. The molecule has 3 aromatic rings. The van der Waals surface area contributed by atoms with Crippen molar-refractivity contribution in [2.75, 3.05) is 19.4 Å². The number of aryl methyl sites for hydroxylation is 1. The zero-order valence-electron chi connectivity index (χ0n) is 18.6. The first-order valence-electron chi connectivity index (χ1n) is 10.5. The number of nitrogens with zero attached hydrogens (tertiary/aromatic N) is 4. The summed E-state index contributed by atoms with van der Waals surface area (Å²) >= 11 is 0. The van der Waals surface area contributed by atoms with E-state index in [1.54, 1.807) is 31.2 Å². The number of halogens is 1. The van der Waals surface area contributed by atoms with Crippen molar-refractivity contribution in [1.29, 1.82) is 0 Å². The standard InChI is InChI=1S/C24H26FN5O2/c1-13(2)12-30-20(11-19-22(23(30)31)14(3)27-24(26)29-19)16-9-8-15(25)10-17(16)18-6-5-7-21(28-18)32-4/h5-10,13,20H,11-12H2,1-4H3,(H2,26,27,29). The Morgan fingerprint density at radius 3 is 2.72 bits per heavy atom. The van der Waals surface area contributed by atoms with Gasteiger partial charge in [-0.2, -0.15) is 0 Å². The Kier molecular flexibility index (Phi) is 5.78. The molecule has 0 radical (unpaired) electrons. The number of nitrogen functional groups attached to an aromatic ring is 1. The lowest BCUT2D eigenvalue weighted by Gasteiger charge is -2.38. The van der Waals surface area contributed by atoms with Gasteiger partial charge in [0.15, 0.2) is 0 Å². The van der Waals surface area contributed by atoms with Crippen molar-refractivity contribution in [3.63, 3.8) is 0 Å². The zero-order chi connectivity index (χ0) is 23.0. The highest BCUT2D eigenvalue weighted by Crippen LogP contribution is 2.39. The van der Waals surface area contributed by atoms with Crippen molar-refractivity contribution in [2.45, 2.75) is 33.2 Å². The Balaban J connectivity index is 1.90. The van der Waals surface area contributed by atoms with Gasteiger partial charge in [0.2, 0.25) is 11.8 Å². The maximum absolute atomic E-state index is 14.3. The van der Waals surface area contributed by atoms with Gasteiger partial charge in [0.05, 0.1) is 35.8 Å². The summed E-state index contributed by atoms with van der Waals surface area (Å²) in [6.45, 7) is 6.42. The number of carbonyl (C=O) groups excluding carboxylic acids is 1. The minimum atomic E-state index is -0.381. The van der Waals surface area contributed by atoms with Crippen molar-refractivity contribution >= 4 is 11.9 Å². The molecule has 1 atom stereocenters. The number of nitrogens with two attached hydrogens (primary N) is 1. The summed E-state index contributed by atoms with van der Waals surface area (Å²) in [6, 6.07) is 9.57. The Morgan fingerprint density at radius 1 is 1.22 bits per heavy atom. The molecule has 2 aromatic heterocycles. The normalized spacial score (nSPS) is 15.8. The smallest absolute Gasteiger partial charge is 0.258 e. The topological polar surface area (TPSA) is 94.2 Å². The highest BCUT2D eigenvalue weighted by atomic mass is 19.1. The van der Waals surface area contributed by atoms with Crippen molar-refractivity contribution < 1.29 is 13.9 Å². The van der Waals surface area contributed by atoms with Crippen LogP contribution >= 0.6 is 0 Å². The Morgan fingerprint density at radius 2 is 2.00 bits per heavy atom. The van der Waals surface area contributed by atoms with Crippen LogP contribution in [-0.2, 0) is 6.42 Å². The van der Waals surface area contributed by atoms with Crippen LogP contribution < -0.4 is 10.5 Å². The molecule has 0 aliphatic carbocycles. The average molecular weight is 436 g/mol. The second kappa shape index (κ2) is 8.53. The van der Waals surface area contributed by atoms with Gasteiger partial charge in [-0.25, -0.2) is 19.3 Å². The first kappa shape index (κ1) is 21.7. The van der Waals surface area contributed by atoms with Crippen LogP contribution in [-0.4, -0.2) is 39.4 Å². The Bertz CT molecular complexity index is 1180. The lowest BCUT2D eigenvalue weighted by molar-refractivity contribution is 0.0615. The van der Waals surface area contributed by atoms with Gasteiger partial charge in [0.1, 0.15) is 5.82 Å². The van der Waals surface area contributed by atoms with Crippen LogP contribution in [0, 0.1) is 18.7 Å². The summed E-state index contributed by atoms with van der Waals surface area (Å²) in [5.41, 5.74) is 9.53. The molecule has 1 aliphatic rings. The molecule has 0 bridgehead atoms. The number of methoxy groups -OCH3 is 1. The maximum atomic E-state index is 14.3. The molecule has 7 nitrogen and oxygen atoms in total. The van der Waals surface area contributed by atoms with E-state index in [1.807, 2.05) is 4.90 Å². The number of hydrogen-bond donors (Lipinski definition) is 1. The van der Waals surface area contributed by atoms with E-state index in [2.05, 4.69) is 28.8 Å². The largest absolute Gasteiger partial charge is 0.481 e. The number of hydrogen-bond acceptors (Lipinski definition) is 6. The molecule has 0 fully saturated rings. The summed E-state index contributed by atoms with van der Waals surface area (Å²) in [5.74, 6) is 0.277. The number of ether oxygens (including phenoxy) is 1. The third kappa shape index (κ3) is 4.00. The quantitative estimate of drug-likeness (QED) is 0.652. The third-order valence-corrected chi connectivity index (χ3v) is 5.56. The van der Waals surface area contributed by atoms with Gasteiger partial charge in [-0.15, -0.1) is 0 Å². The molecule has 8 heteroatoms. The van der Waals surface area contributed by atoms with Crippen LogP contribution in [0.1, 0.15) is 47.2 Å². The van der Waals surface area contributed by atoms with Gasteiger partial charge in [0.25, 0.3) is 5.91 Å². The van der Waals surface area contributed by atoms with Gasteiger partial charge < -0.3 is 15.4 Å². The number of aromatic nitrogens is 3. The highest BCUT2D eigenvalue weighted by Gasteiger charge is 2.37. The molecule has 1 unspecified atom stereocenters. The molecule has 0 saturated carbocycles.